The molecule has 0 aliphatic carbocycles. The quantitative estimate of drug-likeness (QED) is 0.385. The van der Waals surface area contributed by atoms with E-state index < -0.39 is 0 Å². The summed E-state index contributed by atoms with van der Waals surface area (Å²) in [6.07, 6.45) is 1.42. The van der Waals surface area contributed by atoms with Gasteiger partial charge in [-0.2, -0.15) is 0 Å². The maximum absolute atomic E-state index is 12.4. The van der Waals surface area contributed by atoms with Crippen molar-refractivity contribution in [3.63, 3.8) is 0 Å². The first-order valence-corrected chi connectivity index (χ1v) is 8.81. The number of aromatic nitrogens is 2. The van der Waals surface area contributed by atoms with Crippen molar-refractivity contribution in [1.82, 2.24) is 14.9 Å². The number of benzene rings is 2. The summed E-state index contributed by atoms with van der Waals surface area (Å²) in [5, 5.41) is 21.5. The third-order valence-corrected chi connectivity index (χ3v) is 4.54. The molecule has 1 aromatic heterocycles. The minimum Gasteiger partial charge on any atom is -0.508 e. The molecule has 0 saturated heterocycles. The highest BCUT2D eigenvalue weighted by molar-refractivity contribution is 5.99. The van der Waals surface area contributed by atoms with E-state index in [0.29, 0.717) is 41.1 Å². The highest BCUT2D eigenvalue weighted by atomic mass is 16.3. The van der Waals surface area contributed by atoms with Crippen molar-refractivity contribution < 1.29 is 9.90 Å². The average molecular weight is 378 g/mol. The molecule has 8 heteroatoms. The number of nitrogens with one attached hydrogen (secondary N) is 2. The molecule has 0 aliphatic heterocycles. The van der Waals surface area contributed by atoms with Gasteiger partial charge >= 0.3 is 0 Å². The number of nitrogens with zero attached hydrogens (tertiary/aromatic N) is 3. The van der Waals surface area contributed by atoms with Crippen LogP contribution in [0.1, 0.15) is 28.4 Å². The summed E-state index contributed by atoms with van der Waals surface area (Å²) in [6, 6.07) is 10.1. The standard InChI is InChI=1S/C20H22N6O2/c1-3-26(2)20(28)13-4-6-15-16(9-13)24-11-25-19(15)23-10-14-8-12(18(21)22)5-7-17(14)27/h4-9,11,27H,3,10H2,1-2H3,(H3,21,22)(H,23,24,25). The largest absolute Gasteiger partial charge is 0.508 e. The number of hydrogen-bond donors (Lipinski definition) is 4. The molecule has 0 unspecified atom stereocenters. The van der Waals surface area contributed by atoms with Gasteiger partial charge in [0.2, 0.25) is 0 Å². The summed E-state index contributed by atoms with van der Waals surface area (Å²) in [4.78, 5) is 22.5. The fourth-order valence-corrected chi connectivity index (χ4v) is 2.77. The van der Waals surface area contributed by atoms with Crippen LogP contribution in [-0.2, 0) is 6.54 Å². The minimum atomic E-state index is -0.0667. The number of phenols is 1. The summed E-state index contributed by atoms with van der Waals surface area (Å²) >= 11 is 0. The van der Waals surface area contributed by atoms with Crippen LogP contribution in [0, 0.1) is 5.41 Å². The number of hydrogen-bond acceptors (Lipinski definition) is 6. The molecule has 28 heavy (non-hydrogen) atoms. The van der Waals surface area contributed by atoms with Crippen molar-refractivity contribution in [1.29, 1.82) is 5.41 Å². The van der Waals surface area contributed by atoms with Crippen molar-refractivity contribution in [2.24, 2.45) is 5.73 Å². The van der Waals surface area contributed by atoms with E-state index in [4.69, 9.17) is 11.1 Å². The van der Waals surface area contributed by atoms with E-state index in [1.807, 2.05) is 6.92 Å². The van der Waals surface area contributed by atoms with Gasteiger partial charge in [-0.1, -0.05) is 0 Å². The maximum atomic E-state index is 12.4. The van der Waals surface area contributed by atoms with Crippen LogP contribution >= 0.6 is 0 Å². The second kappa shape index (κ2) is 7.91. The van der Waals surface area contributed by atoms with Gasteiger partial charge in [-0.3, -0.25) is 10.2 Å². The van der Waals surface area contributed by atoms with Gasteiger partial charge in [0.25, 0.3) is 5.91 Å². The minimum absolute atomic E-state index is 0.0662. The van der Waals surface area contributed by atoms with E-state index in [1.165, 1.54) is 12.4 Å². The molecular formula is C20H22N6O2. The molecule has 0 spiro atoms. The molecule has 0 aliphatic rings. The van der Waals surface area contributed by atoms with Crippen LogP contribution in [-0.4, -0.2) is 45.3 Å². The zero-order valence-electron chi connectivity index (χ0n) is 15.7. The number of aromatic hydroxyl groups is 1. The molecule has 0 bridgehead atoms. The third-order valence-electron chi connectivity index (χ3n) is 4.54. The Hall–Kier alpha value is -3.68. The number of fused-ring (bicyclic) bond motifs is 1. The van der Waals surface area contributed by atoms with E-state index in [9.17, 15) is 9.90 Å². The van der Waals surface area contributed by atoms with Gasteiger partial charge in [0.1, 0.15) is 23.7 Å². The molecule has 0 radical (unpaired) electrons. The van der Waals surface area contributed by atoms with Gasteiger partial charge in [0.05, 0.1) is 5.52 Å². The number of nitrogen functional groups attached to an aromatic ring is 1. The number of carbonyl (C=O) groups excluding carboxylic acids is 1. The van der Waals surface area contributed by atoms with Crippen LogP contribution in [0.25, 0.3) is 10.9 Å². The van der Waals surface area contributed by atoms with Gasteiger partial charge in [0.15, 0.2) is 0 Å². The van der Waals surface area contributed by atoms with Gasteiger partial charge in [-0.25, -0.2) is 9.97 Å². The first kappa shape index (κ1) is 19.1. The number of carbonyl (C=O) groups is 1. The van der Waals surface area contributed by atoms with Crippen LogP contribution in [0.15, 0.2) is 42.7 Å². The molecule has 0 atom stereocenters. The molecule has 2 aromatic carbocycles. The van der Waals surface area contributed by atoms with Gasteiger partial charge < -0.3 is 21.1 Å². The predicted octanol–water partition coefficient (Wildman–Crippen LogP) is 2.32. The van der Waals surface area contributed by atoms with Gasteiger partial charge in [0, 0.05) is 42.2 Å². The molecule has 1 heterocycles. The zero-order valence-corrected chi connectivity index (χ0v) is 15.7. The van der Waals surface area contributed by atoms with Crippen LogP contribution in [0.4, 0.5) is 5.82 Å². The number of amides is 1. The molecule has 1 amide bonds. The SMILES string of the molecule is CCN(C)C(=O)c1ccc2c(NCc3cc(C(=N)N)ccc3O)ncnc2c1. The van der Waals surface area contributed by atoms with E-state index in [0.717, 1.165) is 5.39 Å². The molecule has 3 aromatic rings. The van der Waals surface area contributed by atoms with Crippen LogP contribution < -0.4 is 11.1 Å². The predicted molar refractivity (Wildman–Crippen MR) is 109 cm³/mol. The fraction of sp³-hybridized carbons (Fsp3) is 0.200. The van der Waals surface area contributed by atoms with E-state index >= 15 is 0 Å². The normalized spacial score (nSPS) is 10.6. The van der Waals surface area contributed by atoms with Crippen molar-refractivity contribution in [3.05, 3.63) is 59.4 Å². The number of amidine groups is 1. The number of phenolic OH excluding ortho intramolecular Hbond substituents is 1. The first-order chi connectivity index (χ1) is 13.4. The molecule has 144 valence electrons. The number of anilines is 1. The molecule has 3 rings (SSSR count). The molecule has 0 saturated carbocycles. The lowest BCUT2D eigenvalue weighted by atomic mass is 10.1. The Bertz CT molecular complexity index is 1050. The smallest absolute Gasteiger partial charge is 0.253 e. The average Bonchev–Trinajstić information content (AvgIpc) is 2.71. The maximum Gasteiger partial charge on any atom is 0.253 e. The van der Waals surface area contributed by atoms with Crippen LogP contribution in [0.5, 0.6) is 5.75 Å². The number of rotatable bonds is 6. The van der Waals surface area contributed by atoms with E-state index in [-0.39, 0.29) is 17.5 Å². The Labute approximate surface area is 162 Å². The Morgan fingerprint density at radius 2 is 1.96 bits per heavy atom. The second-order valence-electron chi connectivity index (χ2n) is 6.38. The van der Waals surface area contributed by atoms with Crippen molar-refractivity contribution in [2.75, 3.05) is 18.9 Å². The summed E-state index contributed by atoms with van der Waals surface area (Å²) in [5.41, 5.74) is 7.85. The summed E-state index contributed by atoms with van der Waals surface area (Å²) in [6.45, 7) is 2.83. The van der Waals surface area contributed by atoms with Crippen molar-refractivity contribution >= 4 is 28.5 Å². The zero-order chi connectivity index (χ0) is 20.3. The Kier molecular flexibility index (Phi) is 5.39. The lowest BCUT2D eigenvalue weighted by Gasteiger charge is -2.15. The highest BCUT2D eigenvalue weighted by Crippen LogP contribution is 2.24. The van der Waals surface area contributed by atoms with Gasteiger partial charge in [-0.05, 0) is 43.3 Å². The fourth-order valence-electron chi connectivity index (χ4n) is 2.77. The monoisotopic (exact) mass is 378 g/mol. The van der Waals surface area contributed by atoms with Crippen molar-refractivity contribution in [3.8, 4) is 5.75 Å². The first-order valence-electron chi connectivity index (χ1n) is 8.81. The lowest BCUT2D eigenvalue weighted by Crippen LogP contribution is -2.26. The summed E-state index contributed by atoms with van der Waals surface area (Å²) in [5.74, 6) is 0.554. The number of nitrogens with two attached hydrogens (primary N) is 1. The lowest BCUT2D eigenvalue weighted by molar-refractivity contribution is 0.0802. The van der Waals surface area contributed by atoms with E-state index in [2.05, 4.69) is 15.3 Å². The topological polar surface area (TPSA) is 128 Å². The summed E-state index contributed by atoms with van der Waals surface area (Å²) < 4.78 is 0. The molecule has 0 fully saturated rings. The Balaban J connectivity index is 1.87. The van der Waals surface area contributed by atoms with Crippen LogP contribution in [0.2, 0.25) is 0 Å². The van der Waals surface area contributed by atoms with E-state index in [1.54, 1.807) is 42.3 Å². The van der Waals surface area contributed by atoms with Gasteiger partial charge in [-0.15, -0.1) is 0 Å². The molecule has 5 N–H and O–H groups in total. The second-order valence-corrected chi connectivity index (χ2v) is 6.38. The van der Waals surface area contributed by atoms with Crippen molar-refractivity contribution in [2.45, 2.75) is 13.5 Å². The Morgan fingerprint density at radius 1 is 1.21 bits per heavy atom. The Morgan fingerprint density at radius 3 is 2.68 bits per heavy atom. The highest BCUT2D eigenvalue weighted by Gasteiger charge is 2.13. The molecular weight excluding hydrogens is 356 g/mol. The third kappa shape index (κ3) is 3.85. The van der Waals surface area contributed by atoms with Crippen LogP contribution in [0.3, 0.4) is 0 Å². The summed E-state index contributed by atoms with van der Waals surface area (Å²) in [7, 11) is 1.75. The molecule has 8 nitrogen and oxygen atoms in total.